The molecule has 1 aromatic rings. The van der Waals surface area contributed by atoms with Crippen molar-refractivity contribution in [1.82, 2.24) is 4.98 Å². The lowest BCUT2D eigenvalue weighted by molar-refractivity contribution is 0.358. The molecule has 0 aliphatic carbocycles. The van der Waals surface area contributed by atoms with Crippen LogP contribution >= 0.6 is 0 Å². The van der Waals surface area contributed by atoms with Crippen LogP contribution < -0.4 is 15.4 Å². The number of rotatable bonds is 3. The third-order valence-corrected chi connectivity index (χ3v) is 3.76. The maximum atomic E-state index is 5.92. The van der Waals surface area contributed by atoms with Gasteiger partial charge < -0.3 is 15.4 Å². The highest BCUT2D eigenvalue weighted by molar-refractivity contribution is 5.59. The predicted molar refractivity (Wildman–Crippen MR) is 74.1 cm³/mol. The number of nitrogens with two attached hydrogens (primary N) is 1. The van der Waals surface area contributed by atoms with Gasteiger partial charge in [0.25, 0.3) is 0 Å². The molecule has 0 radical (unpaired) electrons. The Morgan fingerprint density at radius 1 is 1.56 bits per heavy atom. The zero-order chi connectivity index (χ0) is 13.1. The van der Waals surface area contributed by atoms with Gasteiger partial charge in [0.15, 0.2) is 5.75 Å². The largest absolute Gasteiger partial charge is 0.493 e. The molecular formula is C14H23N3O. The smallest absolute Gasteiger partial charge is 0.160 e. The number of nitrogens with zero attached hydrogens (tertiary/aromatic N) is 2. The Kier molecular flexibility index (Phi) is 4.07. The van der Waals surface area contributed by atoms with Gasteiger partial charge in [-0.25, -0.2) is 0 Å². The molecule has 0 saturated carbocycles. The highest BCUT2D eigenvalue weighted by atomic mass is 16.5. The van der Waals surface area contributed by atoms with E-state index in [1.807, 2.05) is 6.92 Å². The number of aromatic nitrogens is 1. The normalized spacial score (nSPS) is 24.1. The van der Waals surface area contributed by atoms with Crippen molar-refractivity contribution in [2.75, 3.05) is 25.1 Å². The first-order valence-corrected chi connectivity index (χ1v) is 6.63. The van der Waals surface area contributed by atoms with E-state index in [2.05, 4.69) is 22.9 Å². The van der Waals surface area contributed by atoms with Crippen LogP contribution in [0, 0.1) is 12.8 Å². The van der Waals surface area contributed by atoms with Crippen molar-refractivity contribution in [3.05, 3.63) is 18.0 Å². The third-order valence-electron chi connectivity index (χ3n) is 3.76. The molecule has 0 amide bonds. The number of hydrogen-bond acceptors (Lipinski definition) is 4. The molecular weight excluding hydrogens is 226 g/mol. The van der Waals surface area contributed by atoms with Gasteiger partial charge in [0, 0.05) is 24.8 Å². The molecule has 0 spiro atoms. The van der Waals surface area contributed by atoms with Crippen LogP contribution in [0.2, 0.25) is 0 Å². The van der Waals surface area contributed by atoms with Crippen LogP contribution in [0.15, 0.2) is 12.3 Å². The molecule has 2 unspecified atom stereocenters. The molecule has 4 heteroatoms. The van der Waals surface area contributed by atoms with Gasteiger partial charge in [-0.1, -0.05) is 6.92 Å². The average molecular weight is 249 g/mol. The molecule has 4 nitrogen and oxygen atoms in total. The molecule has 0 aromatic carbocycles. The minimum atomic E-state index is 0.407. The standard InChI is InChI=1S/C14H23N3O/c1-10-4-5-17(12(6-10)8-15)13-7-11(2)16-9-14(13)18-3/h7,9-10,12H,4-6,8,15H2,1-3H3. The van der Waals surface area contributed by atoms with Gasteiger partial charge >= 0.3 is 0 Å². The topological polar surface area (TPSA) is 51.4 Å². The predicted octanol–water partition coefficient (Wildman–Crippen LogP) is 1.96. The lowest BCUT2D eigenvalue weighted by Gasteiger charge is -2.40. The first kappa shape index (κ1) is 13.1. The number of ether oxygens (including phenoxy) is 1. The zero-order valence-corrected chi connectivity index (χ0v) is 11.5. The fraction of sp³-hybridized carbons (Fsp3) is 0.643. The van der Waals surface area contributed by atoms with Gasteiger partial charge in [-0.05, 0) is 31.7 Å². The van der Waals surface area contributed by atoms with E-state index in [1.54, 1.807) is 13.3 Å². The summed E-state index contributed by atoms with van der Waals surface area (Å²) < 4.78 is 5.43. The van der Waals surface area contributed by atoms with Crippen molar-refractivity contribution in [3.63, 3.8) is 0 Å². The number of aryl methyl sites for hydroxylation is 1. The van der Waals surface area contributed by atoms with Crippen LogP contribution in [0.1, 0.15) is 25.5 Å². The summed E-state index contributed by atoms with van der Waals surface area (Å²) in [6.45, 7) is 6.04. The van der Waals surface area contributed by atoms with E-state index in [9.17, 15) is 0 Å². The van der Waals surface area contributed by atoms with Crippen molar-refractivity contribution in [2.45, 2.75) is 32.7 Å². The van der Waals surface area contributed by atoms with Gasteiger partial charge in [0.05, 0.1) is 19.0 Å². The second kappa shape index (κ2) is 5.57. The Labute approximate surface area is 109 Å². The first-order chi connectivity index (χ1) is 8.65. The van der Waals surface area contributed by atoms with Crippen molar-refractivity contribution in [2.24, 2.45) is 11.7 Å². The maximum absolute atomic E-state index is 5.92. The number of methoxy groups -OCH3 is 1. The monoisotopic (exact) mass is 249 g/mol. The van der Waals surface area contributed by atoms with E-state index in [-0.39, 0.29) is 0 Å². The van der Waals surface area contributed by atoms with Gasteiger partial charge in [-0.3, -0.25) is 4.98 Å². The second-order valence-electron chi connectivity index (χ2n) is 5.21. The molecule has 2 rings (SSSR count). The fourth-order valence-electron chi connectivity index (χ4n) is 2.71. The van der Waals surface area contributed by atoms with Crippen molar-refractivity contribution < 1.29 is 4.74 Å². The highest BCUT2D eigenvalue weighted by Gasteiger charge is 2.27. The Bertz CT molecular complexity index is 408. The fourth-order valence-corrected chi connectivity index (χ4v) is 2.71. The summed E-state index contributed by atoms with van der Waals surface area (Å²) in [5.74, 6) is 1.59. The van der Waals surface area contributed by atoms with Crippen LogP contribution in [0.5, 0.6) is 5.75 Å². The molecule has 100 valence electrons. The van der Waals surface area contributed by atoms with E-state index in [0.29, 0.717) is 12.6 Å². The Balaban J connectivity index is 2.31. The molecule has 1 aliphatic heterocycles. The number of pyridine rings is 1. The summed E-state index contributed by atoms with van der Waals surface area (Å²) in [5.41, 5.74) is 8.07. The minimum Gasteiger partial charge on any atom is -0.493 e. The maximum Gasteiger partial charge on any atom is 0.160 e. The summed E-state index contributed by atoms with van der Waals surface area (Å²) in [5, 5.41) is 0. The van der Waals surface area contributed by atoms with E-state index in [1.165, 1.54) is 6.42 Å². The van der Waals surface area contributed by atoms with Gasteiger partial charge in [-0.2, -0.15) is 0 Å². The SMILES string of the molecule is COc1cnc(C)cc1N1CCC(C)CC1CN. The molecule has 2 atom stereocenters. The first-order valence-electron chi connectivity index (χ1n) is 6.63. The summed E-state index contributed by atoms with van der Waals surface area (Å²) in [6.07, 6.45) is 4.17. The summed E-state index contributed by atoms with van der Waals surface area (Å²) in [4.78, 5) is 6.67. The molecule has 1 fully saturated rings. The Morgan fingerprint density at radius 2 is 2.33 bits per heavy atom. The highest BCUT2D eigenvalue weighted by Crippen LogP contribution is 2.34. The third kappa shape index (κ3) is 2.58. The molecule has 1 aliphatic rings. The van der Waals surface area contributed by atoms with Gasteiger partial charge in [0.1, 0.15) is 0 Å². The minimum absolute atomic E-state index is 0.407. The number of piperidine rings is 1. The molecule has 1 saturated heterocycles. The van der Waals surface area contributed by atoms with E-state index < -0.39 is 0 Å². The summed E-state index contributed by atoms with van der Waals surface area (Å²) >= 11 is 0. The quantitative estimate of drug-likeness (QED) is 0.889. The lowest BCUT2D eigenvalue weighted by Crippen LogP contribution is -2.46. The Morgan fingerprint density at radius 3 is 3.00 bits per heavy atom. The van der Waals surface area contributed by atoms with Crippen LogP contribution in [0.4, 0.5) is 5.69 Å². The van der Waals surface area contributed by atoms with Crippen molar-refractivity contribution in [1.29, 1.82) is 0 Å². The summed E-state index contributed by atoms with van der Waals surface area (Å²) in [6, 6.07) is 2.50. The van der Waals surface area contributed by atoms with Crippen molar-refractivity contribution in [3.8, 4) is 5.75 Å². The molecule has 0 bridgehead atoms. The molecule has 1 aromatic heterocycles. The van der Waals surface area contributed by atoms with Crippen LogP contribution in [0.25, 0.3) is 0 Å². The lowest BCUT2D eigenvalue weighted by atomic mass is 9.92. The van der Waals surface area contributed by atoms with Gasteiger partial charge in [0.2, 0.25) is 0 Å². The zero-order valence-electron chi connectivity index (χ0n) is 11.5. The number of anilines is 1. The van der Waals surface area contributed by atoms with E-state index >= 15 is 0 Å². The van der Waals surface area contributed by atoms with E-state index in [4.69, 9.17) is 10.5 Å². The van der Waals surface area contributed by atoms with E-state index in [0.717, 1.165) is 36.0 Å². The van der Waals surface area contributed by atoms with Gasteiger partial charge in [-0.15, -0.1) is 0 Å². The molecule has 2 heterocycles. The summed E-state index contributed by atoms with van der Waals surface area (Å²) in [7, 11) is 1.69. The molecule has 2 N–H and O–H groups in total. The Hall–Kier alpha value is -1.29. The number of hydrogen-bond donors (Lipinski definition) is 1. The van der Waals surface area contributed by atoms with Crippen molar-refractivity contribution >= 4 is 5.69 Å². The second-order valence-corrected chi connectivity index (χ2v) is 5.21. The van der Waals surface area contributed by atoms with Crippen LogP contribution in [0.3, 0.4) is 0 Å². The van der Waals surface area contributed by atoms with Crippen LogP contribution in [-0.4, -0.2) is 31.2 Å². The average Bonchev–Trinajstić information content (AvgIpc) is 2.38. The molecule has 18 heavy (non-hydrogen) atoms. The van der Waals surface area contributed by atoms with Crippen LogP contribution in [-0.2, 0) is 0 Å².